The second-order valence-electron chi connectivity index (χ2n) is 6.29. The highest BCUT2D eigenvalue weighted by Gasteiger charge is 2.53. The monoisotopic (exact) mass is 346 g/mol. The van der Waals surface area contributed by atoms with Crippen LogP contribution >= 0.6 is 0 Å². The van der Waals surface area contributed by atoms with Crippen LogP contribution in [0.1, 0.15) is 49.3 Å². The van der Waals surface area contributed by atoms with Gasteiger partial charge in [0.1, 0.15) is 0 Å². The van der Waals surface area contributed by atoms with E-state index in [9.17, 15) is 18.1 Å². The first kappa shape index (κ1) is 15.3. The van der Waals surface area contributed by atoms with Crippen molar-refractivity contribution in [1.29, 1.82) is 5.26 Å². The second kappa shape index (κ2) is 5.11. The summed E-state index contributed by atoms with van der Waals surface area (Å²) in [6.45, 7) is 0. The molecule has 6 nitrogen and oxygen atoms in total. The minimum absolute atomic E-state index is 0.0230. The lowest BCUT2D eigenvalue weighted by atomic mass is 9.86. The predicted octanol–water partition coefficient (Wildman–Crippen LogP) is 2.50. The number of hydrogen-bond acceptors (Lipinski definition) is 5. The molecular formula is C16H15FN4O2S. The zero-order chi connectivity index (χ0) is 16.9. The van der Waals surface area contributed by atoms with Crippen molar-refractivity contribution in [2.75, 3.05) is 0 Å². The normalized spacial score (nSPS) is 24.8. The Bertz CT molecular complexity index is 929. The summed E-state index contributed by atoms with van der Waals surface area (Å²) in [5.74, 6) is 0.0230. The molecule has 8 heteroatoms. The number of aromatic nitrogens is 3. The van der Waals surface area contributed by atoms with Gasteiger partial charge in [0.15, 0.2) is 16.7 Å². The van der Waals surface area contributed by atoms with E-state index in [-0.39, 0.29) is 31.1 Å². The van der Waals surface area contributed by atoms with Crippen LogP contribution in [0.15, 0.2) is 35.5 Å². The topological polar surface area (TPSA) is 88.6 Å². The van der Waals surface area contributed by atoms with E-state index >= 15 is 0 Å². The molecule has 124 valence electrons. The molecule has 2 atom stereocenters. The molecule has 0 unspecified atom stereocenters. The summed E-state index contributed by atoms with van der Waals surface area (Å²) in [7, 11) is -3.99. The van der Waals surface area contributed by atoms with Gasteiger partial charge in [-0.2, -0.15) is 10.2 Å². The molecule has 1 aromatic carbocycles. The SMILES string of the molecule is N#CC1(S(=O)(=O)c2nc3n(n2)[C@H](c2ccccc2)C[C@@H]3F)CCC1. The van der Waals surface area contributed by atoms with E-state index in [2.05, 4.69) is 10.1 Å². The van der Waals surface area contributed by atoms with Crippen LogP contribution in [-0.4, -0.2) is 27.9 Å². The Morgan fingerprint density at radius 2 is 2.00 bits per heavy atom. The molecule has 24 heavy (non-hydrogen) atoms. The molecule has 2 heterocycles. The van der Waals surface area contributed by atoms with Gasteiger partial charge in [-0.05, 0) is 24.8 Å². The van der Waals surface area contributed by atoms with E-state index in [1.54, 1.807) is 0 Å². The highest BCUT2D eigenvalue weighted by Crippen LogP contribution is 2.44. The molecule has 1 saturated carbocycles. The van der Waals surface area contributed by atoms with Crippen LogP contribution in [0.4, 0.5) is 4.39 Å². The Kier molecular flexibility index (Phi) is 3.25. The van der Waals surface area contributed by atoms with Gasteiger partial charge in [-0.3, -0.25) is 0 Å². The van der Waals surface area contributed by atoms with E-state index in [4.69, 9.17) is 0 Å². The molecule has 0 amide bonds. The molecule has 2 aliphatic rings. The van der Waals surface area contributed by atoms with Crippen LogP contribution in [0.3, 0.4) is 0 Å². The summed E-state index contributed by atoms with van der Waals surface area (Å²) in [4.78, 5) is 3.95. The van der Waals surface area contributed by atoms with Crippen molar-refractivity contribution in [2.45, 2.75) is 47.8 Å². The third kappa shape index (κ3) is 1.94. The first-order valence-electron chi connectivity index (χ1n) is 7.80. The molecule has 1 aromatic heterocycles. The van der Waals surface area contributed by atoms with Gasteiger partial charge in [0.25, 0.3) is 5.16 Å². The minimum Gasteiger partial charge on any atom is -0.239 e. The molecule has 0 N–H and O–H groups in total. The Labute approximate surface area is 138 Å². The zero-order valence-corrected chi connectivity index (χ0v) is 13.6. The van der Waals surface area contributed by atoms with Crippen LogP contribution in [0.2, 0.25) is 0 Å². The molecule has 0 saturated heterocycles. The lowest BCUT2D eigenvalue weighted by Gasteiger charge is -2.32. The number of sulfone groups is 1. The van der Waals surface area contributed by atoms with Crippen molar-refractivity contribution in [2.24, 2.45) is 0 Å². The lowest BCUT2D eigenvalue weighted by molar-refractivity contribution is 0.326. The summed E-state index contributed by atoms with van der Waals surface area (Å²) in [5.41, 5.74) is 0.853. The maximum atomic E-state index is 14.3. The van der Waals surface area contributed by atoms with E-state index in [0.29, 0.717) is 6.42 Å². The molecule has 0 spiro atoms. The van der Waals surface area contributed by atoms with E-state index in [1.165, 1.54) is 4.68 Å². The van der Waals surface area contributed by atoms with E-state index < -0.39 is 25.9 Å². The standard InChI is InChI=1S/C16H15FN4O2S/c17-12-9-13(11-5-2-1-3-6-11)21-14(12)19-15(20-21)24(22,23)16(10-18)7-4-8-16/h1-3,5-6,12-13H,4,7-9H2/t12-,13-/m0/s1. The molecule has 4 rings (SSSR count). The first-order chi connectivity index (χ1) is 11.5. The predicted molar refractivity (Wildman–Crippen MR) is 82.4 cm³/mol. The Morgan fingerprint density at radius 3 is 2.58 bits per heavy atom. The average molecular weight is 346 g/mol. The Balaban J connectivity index is 1.78. The van der Waals surface area contributed by atoms with Gasteiger partial charge < -0.3 is 0 Å². The maximum absolute atomic E-state index is 14.3. The summed E-state index contributed by atoms with van der Waals surface area (Å²) >= 11 is 0. The summed E-state index contributed by atoms with van der Waals surface area (Å²) in [6.07, 6.45) is 0.0429. The lowest BCUT2D eigenvalue weighted by Crippen LogP contribution is -2.44. The maximum Gasteiger partial charge on any atom is 0.268 e. The van der Waals surface area contributed by atoms with Gasteiger partial charge in [-0.25, -0.2) is 17.5 Å². The third-order valence-electron chi connectivity index (χ3n) is 4.95. The molecular weight excluding hydrogens is 331 g/mol. The van der Waals surface area contributed by atoms with E-state index in [0.717, 1.165) is 5.56 Å². The molecule has 0 radical (unpaired) electrons. The number of halogens is 1. The number of hydrogen-bond donors (Lipinski definition) is 0. The zero-order valence-electron chi connectivity index (χ0n) is 12.8. The van der Waals surface area contributed by atoms with Crippen LogP contribution in [0.25, 0.3) is 0 Å². The average Bonchev–Trinajstić information content (AvgIpc) is 3.09. The van der Waals surface area contributed by atoms with Gasteiger partial charge >= 0.3 is 0 Å². The van der Waals surface area contributed by atoms with E-state index in [1.807, 2.05) is 36.4 Å². The smallest absolute Gasteiger partial charge is 0.239 e. The number of rotatable bonds is 3. The number of nitrogens with zero attached hydrogens (tertiary/aromatic N) is 4. The molecule has 2 aromatic rings. The summed E-state index contributed by atoms with van der Waals surface area (Å²) in [5, 5.41) is 13.0. The Morgan fingerprint density at radius 1 is 1.29 bits per heavy atom. The van der Waals surface area contributed by atoms with Crippen LogP contribution < -0.4 is 0 Å². The highest BCUT2D eigenvalue weighted by atomic mass is 32.2. The fraction of sp³-hybridized carbons (Fsp3) is 0.438. The largest absolute Gasteiger partial charge is 0.268 e. The number of alkyl halides is 1. The van der Waals surface area contributed by atoms with Gasteiger partial charge in [0.2, 0.25) is 9.84 Å². The van der Waals surface area contributed by atoms with Crippen molar-refractivity contribution in [3.63, 3.8) is 0 Å². The number of fused-ring (bicyclic) bond motifs is 1. The molecule has 1 aliphatic carbocycles. The highest BCUT2D eigenvalue weighted by molar-refractivity contribution is 7.93. The second-order valence-corrected chi connectivity index (χ2v) is 8.44. The summed E-state index contributed by atoms with van der Waals surface area (Å²) < 4.78 is 39.7. The van der Waals surface area contributed by atoms with Crippen molar-refractivity contribution in [3.05, 3.63) is 41.7 Å². The molecule has 0 bridgehead atoms. The van der Waals surface area contributed by atoms with Crippen molar-refractivity contribution < 1.29 is 12.8 Å². The minimum atomic E-state index is -3.99. The van der Waals surface area contributed by atoms with Gasteiger partial charge in [0, 0.05) is 6.42 Å². The Hall–Kier alpha value is -2.27. The fourth-order valence-electron chi connectivity index (χ4n) is 3.34. The molecule has 1 fully saturated rings. The summed E-state index contributed by atoms with van der Waals surface area (Å²) in [6, 6.07) is 10.8. The fourth-order valence-corrected chi connectivity index (χ4v) is 5.04. The van der Waals surface area contributed by atoms with Crippen LogP contribution in [0.5, 0.6) is 0 Å². The number of nitriles is 1. The first-order valence-corrected chi connectivity index (χ1v) is 9.28. The van der Waals surface area contributed by atoms with Crippen LogP contribution in [-0.2, 0) is 9.84 Å². The quantitative estimate of drug-likeness (QED) is 0.852. The third-order valence-corrected chi connectivity index (χ3v) is 7.13. The number of benzene rings is 1. The van der Waals surface area contributed by atoms with Gasteiger partial charge in [0.05, 0.1) is 12.1 Å². The van der Waals surface area contributed by atoms with Crippen molar-refractivity contribution in [1.82, 2.24) is 14.8 Å². The van der Waals surface area contributed by atoms with Crippen molar-refractivity contribution >= 4 is 9.84 Å². The van der Waals surface area contributed by atoms with Gasteiger partial charge in [-0.15, -0.1) is 5.10 Å². The molecule has 1 aliphatic heterocycles. The van der Waals surface area contributed by atoms with Gasteiger partial charge in [-0.1, -0.05) is 30.3 Å². The van der Waals surface area contributed by atoms with Crippen molar-refractivity contribution in [3.8, 4) is 6.07 Å². The van der Waals surface area contributed by atoms with Crippen LogP contribution in [0, 0.1) is 11.3 Å².